The van der Waals surface area contributed by atoms with E-state index in [0.717, 1.165) is 28.3 Å². The zero-order valence-corrected chi connectivity index (χ0v) is 17.9. The molecule has 156 valence electrons. The van der Waals surface area contributed by atoms with Crippen LogP contribution < -0.4 is 24.3 Å². The van der Waals surface area contributed by atoms with Gasteiger partial charge in [-0.25, -0.2) is 0 Å². The normalized spacial score (nSPS) is 12.4. The van der Waals surface area contributed by atoms with Crippen molar-refractivity contribution in [3.63, 3.8) is 0 Å². The minimum absolute atomic E-state index is 0.342. The van der Waals surface area contributed by atoms with E-state index in [4.69, 9.17) is 42.1 Å². The highest BCUT2D eigenvalue weighted by Crippen LogP contribution is 2.35. The first-order valence-corrected chi connectivity index (χ1v) is 10.3. The van der Waals surface area contributed by atoms with Gasteiger partial charge in [0.25, 0.3) is 0 Å². The Morgan fingerprint density at radius 2 is 1.77 bits per heavy atom. The zero-order chi connectivity index (χ0) is 20.9. The summed E-state index contributed by atoms with van der Waals surface area (Å²) in [5, 5.41) is 4.42. The van der Waals surface area contributed by atoms with E-state index < -0.39 is 0 Å². The molecule has 0 atom stereocenters. The van der Waals surface area contributed by atoms with Gasteiger partial charge >= 0.3 is 0 Å². The van der Waals surface area contributed by atoms with Gasteiger partial charge in [-0.1, -0.05) is 41.4 Å². The Bertz CT molecular complexity index is 1040. The summed E-state index contributed by atoms with van der Waals surface area (Å²) in [6, 6.07) is 17.1. The van der Waals surface area contributed by atoms with E-state index in [9.17, 15) is 0 Å². The highest BCUT2D eigenvalue weighted by atomic mass is 35.5. The van der Waals surface area contributed by atoms with Crippen LogP contribution in [0.3, 0.4) is 0 Å². The Labute approximate surface area is 185 Å². The lowest BCUT2D eigenvalue weighted by atomic mass is 10.1. The molecule has 0 aromatic heterocycles. The molecule has 0 amide bonds. The van der Waals surface area contributed by atoms with Crippen LogP contribution in [0, 0.1) is 0 Å². The van der Waals surface area contributed by atoms with Crippen LogP contribution in [-0.4, -0.2) is 20.3 Å². The van der Waals surface area contributed by atoms with E-state index in [2.05, 4.69) is 5.32 Å². The second kappa shape index (κ2) is 9.37. The minimum Gasteiger partial charge on any atom is -0.493 e. The first-order chi connectivity index (χ1) is 14.6. The number of para-hydroxylation sites is 1. The van der Waals surface area contributed by atoms with Crippen molar-refractivity contribution in [3.05, 3.63) is 75.8 Å². The molecule has 0 unspecified atom stereocenters. The summed E-state index contributed by atoms with van der Waals surface area (Å²) >= 11 is 12.1. The lowest BCUT2D eigenvalue weighted by Gasteiger charge is -2.20. The van der Waals surface area contributed by atoms with Crippen molar-refractivity contribution in [2.45, 2.75) is 13.2 Å². The van der Waals surface area contributed by atoms with E-state index in [-0.39, 0.29) is 0 Å². The predicted molar refractivity (Wildman–Crippen MR) is 119 cm³/mol. The molecule has 0 fully saturated rings. The lowest BCUT2D eigenvalue weighted by Crippen LogP contribution is -2.15. The van der Waals surface area contributed by atoms with Crippen molar-refractivity contribution in [1.29, 1.82) is 0 Å². The molecule has 3 aromatic rings. The second-order valence-corrected chi connectivity index (χ2v) is 7.51. The Kier molecular flexibility index (Phi) is 6.41. The summed E-state index contributed by atoms with van der Waals surface area (Å²) in [6.07, 6.45) is 0. The fourth-order valence-electron chi connectivity index (χ4n) is 3.16. The maximum atomic E-state index is 6.11. The monoisotopic (exact) mass is 445 g/mol. The highest BCUT2D eigenvalue weighted by Gasteiger charge is 2.14. The fraction of sp³-hybridized carbons (Fsp3) is 0.217. The third-order valence-electron chi connectivity index (χ3n) is 4.67. The number of benzene rings is 3. The first-order valence-electron chi connectivity index (χ1n) is 9.50. The van der Waals surface area contributed by atoms with E-state index in [1.807, 2.05) is 42.5 Å². The zero-order valence-electron chi connectivity index (χ0n) is 16.4. The average Bonchev–Trinajstić information content (AvgIpc) is 2.78. The standard InChI is InChI=1S/C23H21Cl2NO4/c1-27-21-4-2-3-16(23(21)30-14-15-5-7-18(24)19(25)11-15)13-26-17-6-8-20-22(12-17)29-10-9-28-20/h2-8,11-12,26H,9-10,13-14H2,1H3. The van der Waals surface area contributed by atoms with Crippen LogP contribution in [0.25, 0.3) is 0 Å². The predicted octanol–water partition coefficient (Wildman–Crippen LogP) is 5.96. The van der Waals surface area contributed by atoms with Crippen LogP contribution in [0.15, 0.2) is 54.6 Å². The number of anilines is 1. The van der Waals surface area contributed by atoms with E-state index in [1.54, 1.807) is 19.2 Å². The van der Waals surface area contributed by atoms with Gasteiger partial charge in [-0.15, -0.1) is 0 Å². The number of ether oxygens (including phenoxy) is 4. The summed E-state index contributed by atoms with van der Waals surface area (Å²) in [7, 11) is 1.62. The van der Waals surface area contributed by atoms with E-state index >= 15 is 0 Å². The van der Waals surface area contributed by atoms with Gasteiger partial charge < -0.3 is 24.3 Å². The van der Waals surface area contributed by atoms with Crippen molar-refractivity contribution in [2.24, 2.45) is 0 Å². The summed E-state index contributed by atoms with van der Waals surface area (Å²) in [5.74, 6) is 2.85. The van der Waals surface area contributed by atoms with E-state index in [1.165, 1.54) is 0 Å². The molecule has 0 saturated heterocycles. The molecular weight excluding hydrogens is 425 g/mol. The Balaban J connectivity index is 1.49. The van der Waals surface area contributed by atoms with Crippen molar-refractivity contribution in [2.75, 3.05) is 25.6 Å². The molecule has 1 N–H and O–H groups in total. The van der Waals surface area contributed by atoms with Crippen molar-refractivity contribution < 1.29 is 18.9 Å². The molecule has 1 aliphatic heterocycles. The Morgan fingerprint density at radius 1 is 0.933 bits per heavy atom. The molecule has 1 aliphatic rings. The summed E-state index contributed by atoms with van der Waals surface area (Å²) in [6.45, 7) is 2.02. The SMILES string of the molecule is COc1cccc(CNc2ccc3c(c2)OCCO3)c1OCc1ccc(Cl)c(Cl)c1. The summed E-state index contributed by atoms with van der Waals surface area (Å²) in [5.41, 5.74) is 2.81. The van der Waals surface area contributed by atoms with Gasteiger partial charge in [0.2, 0.25) is 0 Å². The molecule has 30 heavy (non-hydrogen) atoms. The number of nitrogens with one attached hydrogen (secondary N) is 1. The molecule has 0 radical (unpaired) electrons. The number of hydrogen-bond acceptors (Lipinski definition) is 5. The molecule has 4 rings (SSSR count). The Hall–Kier alpha value is -2.76. The van der Waals surface area contributed by atoms with Gasteiger partial charge in [0.1, 0.15) is 19.8 Å². The molecule has 1 heterocycles. The molecular formula is C23H21Cl2NO4. The quantitative estimate of drug-likeness (QED) is 0.485. The third-order valence-corrected chi connectivity index (χ3v) is 5.41. The van der Waals surface area contributed by atoms with Gasteiger partial charge in [-0.05, 0) is 35.9 Å². The summed E-state index contributed by atoms with van der Waals surface area (Å²) in [4.78, 5) is 0. The van der Waals surface area contributed by atoms with Crippen LogP contribution in [0.2, 0.25) is 10.0 Å². The van der Waals surface area contributed by atoms with Crippen molar-refractivity contribution >= 4 is 28.9 Å². The highest BCUT2D eigenvalue weighted by molar-refractivity contribution is 6.42. The molecule has 5 nitrogen and oxygen atoms in total. The van der Waals surface area contributed by atoms with Crippen LogP contribution in [-0.2, 0) is 13.2 Å². The number of rotatable bonds is 7. The van der Waals surface area contributed by atoms with Crippen LogP contribution >= 0.6 is 23.2 Å². The lowest BCUT2D eigenvalue weighted by molar-refractivity contribution is 0.171. The smallest absolute Gasteiger partial charge is 0.166 e. The molecule has 7 heteroatoms. The van der Waals surface area contributed by atoms with Gasteiger partial charge in [-0.3, -0.25) is 0 Å². The largest absolute Gasteiger partial charge is 0.493 e. The number of hydrogen-bond donors (Lipinski definition) is 1. The maximum Gasteiger partial charge on any atom is 0.166 e. The minimum atomic E-state index is 0.342. The number of fused-ring (bicyclic) bond motifs is 1. The number of halogens is 2. The van der Waals surface area contributed by atoms with Gasteiger partial charge in [0, 0.05) is 23.9 Å². The van der Waals surface area contributed by atoms with Crippen LogP contribution in [0.4, 0.5) is 5.69 Å². The van der Waals surface area contributed by atoms with Crippen LogP contribution in [0.5, 0.6) is 23.0 Å². The van der Waals surface area contributed by atoms with Crippen molar-refractivity contribution in [1.82, 2.24) is 0 Å². The summed E-state index contributed by atoms with van der Waals surface area (Å²) < 4.78 is 22.8. The maximum absolute atomic E-state index is 6.11. The van der Waals surface area contributed by atoms with Crippen molar-refractivity contribution in [3.8, 4) is 23.0 Å². The van der Waals surface area contributed by atoms with Gasteiger partial charge in [0.15, 0.2) is 23.0 Å². The Morgan fingerprint density at radius 3 is 2.57 bits per heavy atom. The van der Waals surface area contributed by atoms with Gasteiger partial charge in [-0.2, -0.15) is 0 Å². The molecule has 0 saturated carbocycles. The van der Waals surface area contributed by atoms with Crippen LogP contribution in [0.1, 0.15) is 11.1 Å². The topological polar surface area (TPSA) is 49.0 Å². The molecule has 0 bridgehead atoms. The van der Waals surface area contributed by atoms with E-state index in [0.29, 0.717) is 47.9 Å². The third kappa shape index (κ3) is 4.69. The molecule has 0 aliphatic carbocycles. The first kappa shape index (κ1) is 20.5. The second-order valence-electron chi connectivity index (χ2n) is 6.70. The molecule has 0 spiro atoms. The fourth-order valence-corrected chi connectivity index (χ4v) is 3.48. The number of methoxy groups -OCH3 is 1. The molecule has 3 aromatic carbocycles. The van der Waals surface area contributed by atoms with Gasteiger partial charge in [0.05, 0.1) is 17.2 Å². The average molecular weight is 446 g/mol.